The topological polar surface area (TPSA) is 99.5 Å². The minimum atomic E-state index is -4.73. The highest BCUT2D eigenvalue weighted by Crippen LogP contribution is 2.38. The number of halogens is 3. The van der Waals surface area contributed by atoms with Crippen LogP contribution in [0, 0.1) is 0 Å². The van der Waals surface area contributed by atoms with Gasteiger partial charge >= 0.3 is 18.1 Å². The van der Waals surface area contributed by atoms with Gasteiger partial charge in [-0.1, -0.05) is 6.07 Å². The molecule has 1 aromatic rings. The number of allylic oxidation sites excluding steroid dienone is 2. The number of dihydropyridines is 1. The predicted octanol–water partition coefficient (Wildman–Crippen LogP) is 2.50. The minimum absolute atomic E-state index is 0.147. The van der Waals surface area contributed by atoms with E-state index in [4.69, 9.17) is 0 Å². The molecule has 0 atom stereocenters. The van der Waals surface area contributed by atoms with Crippen LogP contribution in [0.1, 0.15) is 31.2 Å². The van der Waals surface area contributed by atoms with E-state index in [1.807, 2.05) is 0 Å². The van der Waals surface area contributed by atoms with Crippen molar-refractivity contribution in [2.45, 2.75) is 25.9 Å². The third-order valence-corrected chi connectivity index (χ3v) is 3.58. The molecule has 9 heteroatoms. The monoisotopic (exact) mass is 342 g/mol. The van der Waals surface area contributed by atoms with Crippen molar-refractivity contribution in [2.75, 3.05) is 0 Å². The summed E-state index contributed by atoms with van der Waals surface area (Å²) in [5.41, 5.74) is -1.93. The zero-order valence-corrected chi connectivity index (χ0v) is 12.6. The van der Waals surface area contributed by atoms with Crippen LogP contribution in [0.2, 0.25) is 0 Å². The second-order valence-electron chi connectivity index (χ2n) is 5.19. The summed E-state index contributed by atoms with van der Waals surface area (Å²) < 4.78 is 38.6. The first-order valence-electron chi connectivity index (χ1n) is 6.73. The van der Waals surface area contributed by atoms with Crippen molar-refractivity contribution in [1.82, 2.24) is 10.3 Å². The molecule has 2 heterocycles. The maximum atomic E-state index is 12.9. The molecule has 6 nitrogen and oxygen atoms in total. The number of nitrogens with one attached hydrogen (secondary N) is 1. The lowest BCUT2D eigenvalue weighted by Gasteiger charge is -2.28. The summed E-state index contributed by atoms with van der Waals surface area (Å²) >= 11 is 0. The van der Waals surface area contributed by atoms with Crippen LogP contribution in [-0.4, -0.2) is 27.1 Å². The highest BCUT2D eigenvalue weighted by Gasteiger charge is 2.39. The van der Waals surface area contributed by atoms with Gasteiger partial charge in [-0.15, -0.1) is 0 Å². The van der Waals surface area contributed by atoms with E-state index in [1.165, 1.54) is 19.9 Å². The van der Waals surface area contributed by atoms with Crippen LogP contribution in [0.25, 0.3) is 0 Å². The number of carboxylic acid groups (broad SMARTS) is 2. The molecule has 128 valence electrons. The zero-order chi connectivity index (χ0) is 18.2. The van der Waals surface area contributed by atoms with Crippen molar-refractivity contribution in [3.63, 3.8) is 0 Å². The van der Waals surface area contributed by atoms with Crippen molar-refractivity contribution in [3.8, 4) is 0 Å². The standard InChI is InChI=1S/C15H13F3N2O4/c1-6-10(13(21)22)12(11(14(23)24)7(2)19-6)8-4-3-5-9(20-8)15(16,17)18/h3-5,12,19H,1-2H3,(H,21,22)(H,23,24). The van der Waals surface area contributed by atoms with Crippen LogP contribution < -0.4 is 5.32 Å². The highest BCUT2D eigenvalue weighted by atomic mass is 19.4. The Bertz CT molecular complexity index is 745. The Morgan fingerprint density at radius 3 is 2.00 bits per heavy atom. The van der Waals surface area contributed by atoms with Crippen molar-refractivity contribution in [1.29, 1.82) is 0 Å². The molecule has 1 aliphatic rings. The van der Waals surface area contributed by atoms with Crippen molar-refractivity contribution in [3.05, 3.63) is 52.1 Å². The normalized spacial score (nSPS) is 16.2. The van der Waals surface area contributed by atoms with Gasteiger partial charge < -0.3 is 15.5 Å². The van der Waals surface area contributed by atoms with E-state index in [2.05, 4.69) is 10.3 Å². The molecular weight excluding hydrogens is 329 g/mol. The number of aliphatic carboxylic acids is 2. The van der Waals surface area contributed by atoms with Gasteiger partial charge in [0.15, 0.2) is 0 Å². The smallest absolute Gasteiger partial charge is 0.433 e. The summed E-state index contributed by atoms with van der Waals surface area (Å²) in [5, 5.41) is 21.4. The maximum Gasteiger partial charge on any atom is 0.433 e. The lowest BCUT2D eigenvalue weighted by molar-refractivity contribution is -0.141. The molecule has 3 N–H and O–H groups in total. The molecule has 0 radical (unpaired) electrons. The van der Waals surface area contributed by atoms with E-state index < -0.39 is 29.7 Å². The zero-order valence-electron chi connectivity index (χ0n) is 12.6. The number of rotatable bonds is 3. The summed E-state index contributed by atoms with van der Waals surface area (Å²) in [6.07, 6.45) is -4.73. The first-order valence-corrected chi connectivity index (χ1v) is 6.73. The molecule has 0 saturated carbocycles. The Kier molecular flexibility index (Phi) is 4.37. The molecule has 2 rings (SSSR count). The molecule has 1 aliphatic heterocycles. The molecule has 24 heavy (non-hydrogen) atoms. The largest absolute Gasteiger partial charge is 0.478 e. The predicted molar refractivity (Wildman–Crippen MR) is 75.8 cm³/mol. The second-order valence-corrected chi connectivity index (χ2v) is 5.19. The Labute approximate surface area is 134 Å². The van der Waals surface area contributed by atoms with Gasteiger partial charge in [0.2, 0.25) is 0 Å². The van der Waals surface area contributed by atoms with Crippen molar-refractivity contribution >= 4 is 11.9 Å². The van der Waals surface area contributed by atoms with Gasteiger partial charge in [-0.25, -0.2) is 14.6 Å². The highest BCUT2D eigenvalue weighted by molar-refractivity contribution is 5.98. The summed E-state index contributed by atoms with van der Waals surface area (Å²) in [6, 6.07) is 2.98. The van der Waals surface area contributed by atoms with E-state index in [9.17, 15) is 33.0 Å². The second kappa shape index (κ2) is 5.99. The van der Waals surface area contributed by atoms with Crippen molar-refractivity contribution in [2.24, 2.45) is 0 Å². The molecule has 0 aliphatic carbocycles. The SMILES string of the molecule is CC1=C(C(=O)O)C(c2cccc(C(F)(F)F)n2)C(C(=O)O)=C(C)N1. The van der Waals surface area contributed by atoms with E-state index in [-0.39, 0.29) is 28.2 Å². The summed E-state index contributed by atoms with van der Waals surface area (Å²) in [5.74, 6) is -4.28. The molecule has 0 unspecified atom stereocenters. The number of carboxylic acids is 2. The fraction of sp³-hybridized carbons (Fsp3) is 0.267. The van der Waals surface area contributed by atoms with E-state index >= 15 is 0 Å². The van der Waals surface area contributed by atoms with E-state index in [0.29, 0.717) is 0 Å². The lowest BCUT2D eigenvalue weighted by Crippen LogP contribution is -2.31. The number of alkyl halides is 3. The van der Waals surface area contributed by atoms with Gasteiger partial charge in [-0.05, 0) is 26.0 Å². The molecule has 0 saturated heterocycles. The van der Waals surface area contributed by atoms with Crippen LogP contribution in [-0.2, 0) is 15.8 Å². The van der Waals surface area contributed by atoms with Crippen LogP contribution in [0.15, 0.2) is 40.7 Å². The van der Waals surface area contributed by atoms with Gasteiger partial charge in [0.1, 0.15) is 5.69 Å². The van der Waals surface area contributed by atoms with Crippen molar-refractivity contribution < 1.29 is 33.0 Å². The number of nitrogens with zero attached hydrogens (tertiary/aromatic N) is 1. The molecule has 1 aromatic heterocycles. The van der Waals surface area contributed by atoms with Gasteiger partial charge in [0, 0.05) is 11.4 Å². The molecule has 0 spiro atoms. The van der Waals surface area contributed by atoms with Gasteiger partial charge in [0.05, 0.1) is 22.8 Å². The number of aromatic nitrogens is 1. The minimum Gasteiger partial charge on any atom is -0.478 e. The Morgan fingerprint density at radius 1 is 1.08 bits per heavy atom. The molecule has 0 fully saturated rings. The van der Waals surface area contributed by atoms with Crippen LogP contribution in [0.3, 0.4) is 0 Å². The first-order chi connectivity index (χ1) is 11.0. The third kappa shape index (κ3) is 3.10. The molecule has 0 aromatic carbocycles. The summed E-state index contributed by atoms with van der Waals surface area (Å²) in [6.45, 7) is 2.82. The molecular formula is C15H13F3N2O4. The first kappa shape index (κ1) is 17.5. The fourth-order valence-electron chi connectivity index (χ4n) is 2.63. The quantitative estimate of drug-likeness (QED) is 0.780. The average Bonchev–Trinajstić information content (AvgIpc) is 2.44. The van der Waals surface area contributed by atoms with Gasteiger partial charge in [0.25, 0.3) is 0 Å². The Hall–Kier alpha value is -2.84. The average molecular weight is 342 g/mol. The van der Waals surface area contributed by atoms with E-state index in [1.54, 1.807) is 0 Å². The number of pyridine rings is 1. The van der Waals surface area contributed by atoms with Gasteiger partial charge in [-0.2, -0.15) is 13.2 Å². The summed E-state index contributed by atoms with van der Waals surface area (Å²) in [7, 11) is 0. The van der Waals surface area contributed by atoms with E-state index in [0.717, 1.165) is 12.1 Å². The molecule has 0 bridgehead atoms. The number of hydrogen-bond donors (Lipinski definition) is 3. The van der Waals surface area contributed by atoms with Crippen LogP contribution in [0.4, 0.5) is 13.2 Å². The fourth-order valence-corrected chi connectivity index (χ4v) is 2.63. The number of hydrogen-bond acceptors (Lipinski definition) is 4. The Balaban J connectivity index is 2.71. The van der Waals surface area contributed by atoms with Crippen LogP contribution in [0.5, 0.6) is 0 Å². The number of carbonyl (C=O) groups is 2. The van der Waals surface area contributed by atoms with Crippen LogP contribution >= 0.6 is 0 Å². The molecule has 0 amide bonds. The van der Waals surface area contributed by atoms with Gasteiger partial charge in [-0.3, -0.25) is 0 Å². The third-order valence-electron chi connectivity index (χ3n) is 3.58. The summed E-state index contributed by atoms with van der Waals surface area (Å²) in [4.78, 5) is 26.5. The lowest BCUT2D eigenvalue weighted by atomic mass is 9.83. The maximum absolute atomic E-state index is 12.9. The Morgan fingerprint density at radius 2 is 1.58 bits per heavy atom.